The van der Waals surface area contributed by atoms with E-state index in [0.29, 0.717) is 25.0 Å². The highest BCUT2D eigenvalue weighted by Crippen LogP contribution is 2.17. The van der Waals surface area contributed by atoms with Crippen LogP contribution in [0.4, 0.5) is 0 Å². The molecule has 0 aliphatic heterocycles. The van der Waals surface area contributed by atoms with Gasteiger partial charge < -0.3 is 14.6 Å². The first-order chi connectivity index (χ1) is 9.67. The standard InChI is InChI=1S/C15H20O5/c1-19-15(18)12(7-5-6-10-16)11-14(17)20-13-8-3-2-4-9-13/h2-4,8-9,12,16H,5-7,10-11H2,1H3. The molecular weight excluding hydrogens is 260 g/mol. The summed E-state index contributed by atoms with van der Waals surface area (Å²) in [6.45, 7) is 0.0718. The maximum absolute atomic E-state index is 11.8. The van der Waals surface area contributed by atoms with E-state index in [4.69, 9.17) is 9.84 Å². The highest BCUT2D eigenvalue weighted by molar-refractivity contribution is 5.80. The Morgan fingerprint density at radius 3 is 2.50 bits per heavy atom. The summed E-state index contributed by atoms with van der Waals surface area (Å²) < 4.78 is 9.83. The van der Waals surface area contributed by atoms with Crippen LogP contribution in [0.1, 0.15) is 25.7 Å². The monoisotopic (exact) mass is 280 g/mol. The topological polar surface area (TPSA) is 72.8 Å². The average molecular weight is 280 g/mol. The molecule has 0 saturated heterocycles. The Morgan fingerprint density at radius 1 is 1.20 bits per heavy atom. The first kappa shape index (κ1) is 16.2. The molecule has 1 N–H and O–H groups in total. The normalized spacial score (nSPS) is 11.7. The molecule has 0 amide bonds. The minimum Gasteiger partial charge on any atom is -0.469 e. The molecule has 0 saturated carbocycles. The van der Waals surface area contributed by atoms with Crippen LogP contribution >= 0.6 is 0 Å². The molecule has 0 spiro atoms. The number of carbonyl (C=O) groups excluding carboxylic acids is 2. The second-order valence-corrected chi connectivity index (χ2v) is 4.43. The van der Waals surface area contributed by atoms with E-state index in [0.717, 1.165) is 0 Å². The van der Waals surface area contributed by atoms with E-state index in [9.17, 15) is 9.59 Å². The number of carbonyl (C=O) groups is 2. The average Bonchev–Trinajstić information content (AvgIpc) is 2.46. The van der Waals surface area contributed by atoms with Gasteiger partial charge in [0.1, 0.15) is 5.75 Å². The van der Waals surface area contributed by atoms with E-state index in [2.05, 4.69) is 4.74 Å². The molecule has 0 heterocycles. The number of ether oxygens (including phenoxy) is 2. The lowest BCUT2D eigenvalue weighted by Crippen LogP contribution is -2.22. The maximum atomic E-state index is 11.8. The molecule has 0 aliphatic carbocycles. The Morgan fingerprint density at radius 2 is 1.90 bits per heavy atom. The van der Waals surface area contributed by atoms with Gasteiger partial charge in [-0.1, -0.05) is 24.6 Å². The van der Waals surface area contributed by atoms with Crippen molar-refractivity contribution < 1.29 is 24.2 Å². The summed E-state index contributed by atoms with van der Waals surface area (Å²) in [5.74, 6) is -0.956. The van der Waals surface area contributed by atoms with E-state index < -0.39 is 17.9 Å². The molecule has 1 aromatic carbocycles. The van der Waals surface area contributed by atoms with Crippen molar-refractivity contribution in [2.24, 2.45) is 5.92 Å². The van der Waals surface area contributed by atoms with Crippen molar-refractivity contribution in [1.82, 2.24) is 0 Å². The summed E-state index contributed by atoms with van der Waals surface area (Å²) in [5.41, 5.74) is 0. The summed E-state index contributed by atoms with van der Waals surface area (Å²) in [5, 5.41) is 8.74. The van der Waals surface area contributed by atoms with Crippen molar-refractivity contribution in [3.63, 3.8) is 0 Å². The van der Waals surface area contributed by atoms with Crippen LogP contribution in [-0.4, -0.2) is 30.8 Å². The van der Waals surface area contributed by atoms with Gasteiger partial charge in [0.05, 0.1) is 19.4 Å². The van der Waals surface area contributed by atoms with Gasteiger partial charge in [0.15, 0.2) is 0 Å². The van der Waals surface area contributed by atoms with Crippen LogP contribution in [0.2, 0.25) is 0 Å². The third-order valence-electron chi connectivity index (χ3n) is 2.88. The highest BCUT2D eigenvalue weighted by atomic mass is 16.5. The third kappa shape index (κ3) is 5.84. The summed E-state index contributed by atoms with van der Waals surface area (Å²) >= 11 is 0. The van der Waals surface area contributed by atoms with Crippen LogP contribution in [0.5, 0.6) is 5.75 Å². The first-order valence-electron chi connectivity index (χ1n) is 6.61. The Labute approximate surface area is 118 Å². The largest absolute Gasteiger partial charge is 0.469 e. The van der Waals surface area contributed by atoms with Crippen molar-refractivity contribution in [1.29, 1.82) is 0 Å². The molecule has 5 nitrogen and oxygen atoms in total. The van der Waals surface area contributed by atoms with E-state index in [1.54, 1.807) is 24.3 Å². The number of benzene rings is 1. The molecule has 0 aliphatic rings. The molecule has 5 heteroatoms. The van der Waals surface area contributed by atoms with Crippen LogP contribution in [0.3, 0.4) is 0 Å². The zero-order chi connectivity index (χ0) is 14.8. The number of methoxy groups -OCH3 is 1. The van der Waals surface area contributed by atoms with Gasteiger partial charge in [-0.05, 0) is 25.0 Å². The SMILES string of the molecule is COC(=O)C(CCCCO)CC(=O)Oc1ccccc1. The molecule has 0 bridgehead atoms. The highest BCUT2D eigenvalue weighted by Gasteiger charge is 2.23. The van der Waals surface area contributed by atoms with Crippen LogP contribution in [0, 0.1) is 5.92 Å². The van der Waals surface area contributed by atoms with E-state index >= 15 is 0 Å². The molecule has 1 rings (SSSR count). The van der Waals surface area contributed by atoms with Crippen LogP contribution < -0.4 is 4.74 Å². The summed E-state index contributed by atoms with van der Waals surface area (Å²) in [6.07, 6.45) is 1.74. The van der Waals surface area contributed by atoms with E-state index in [1.807, 2.05) is 6.07 Å². The smallest absolute Gasteiger partial charge is 0.312 e. The fourth-order valence-electron chi connectivity index (χ4n) is 1.84. The molecule has 1 atom stereocenters. The van der Waals surface area contributed by atoms with Crippen molar-refractivity contribution in [2.75, 3.05) is 13.7 Å². The minimum atomic E-state index is -0.525. The van der Waals surface area contributed by atoms with Gasteiger partial charge in [-0.15, -0.1) is 0 Å². The van der Waals surface area contributed by atoms with Crippen molar-refractivity contribution in [3.05, 3.63) is 30.3 Å². The number of aliphatic hydroxyl groups excluding tert-OH is 1. The molecule has 1 unspecified atom stereocenters. The Bertz CT molecular complexity index is 416. The van der Waals surface area contributed by atoms with Crippen LogP contribution in [-0.2, 0) is 14.3 Å². The van der Waals surface area contributed by atoms with Gasteiger partial charge in [0.25, 0.3) is 0 Å². The number of para-hydroxylation sites is 1. The van der Waals surface area contributed by atoms with Crippen LogP contribution in [0.25, 0.3) is 0 Å². The van der Waals surface area contributed by atoms with Crippen LogP contribution in [0.15, 0.2) is 30.3 Å². The van der Waals surface area contributed by atoms with Gasteiger partial charge in [-0.2, -0.15) is 0 Å². The predicted molar refractivity (Wildman–Crippen MR) is 73.1 cm³/mol. The van der Waals surface area contributed by atoms with Gasteiger partial charge >= 0.3 is 11.9 Å². The van der Waals surface area contributed by atoms with Gasteiger partial charge in [0.2, 0.25) is 0 Å². The predicted octanol–water partition coefficient (Wildman–Crippen LogP) is 1.93. The lowest BCUT2D eigenvalue weighted by Gasteiger charge is -2.13. The quantitative estimate of drug-likeness (QED) is 0.447. The first-order valence-corrected chi connectivity index (χ1v) is 6.61. The molecule has 20 heavy (non-hydrogen) atoms. The minimum absolute atomic E-state index is 0.0208. The van der Waals surface area contributed by atoms with Crippen molar-refractivity contribution in [3.8, 4) is 5.75 Å². The van der Waals surface area contributed by atoms with Gasteiger partial charge in [-0.3, -0.25) is 9.59 Å². The third-order valence-corrected chi connectivity index (χ3v) is 2.88. The number of rotatable bonds is 8. The molecular formula is C15H20O5. The van der Waals surface area contributed by atoms with Gasteiger partial charge in [0, 0.05) is 6.61 Å². The summed E-state index contributed by atoms with van der Waals surface area (Å²) in [7, 11) is 1.30. The zero-order valence-corrected chi connectivity index (χ0v) is 11.6. The number of esters is 2. The van der Waals surface area contributed by atoms with Gasteiger partial charge in [-0.25, -0.2) is 0 Å². The summed E-state index contributed by atoms with van der Waals surface area (Å²) in [6, 6.07) is 8.71. The summed E-state index contributed by atoms with van der Waals surface area (Å²) in [4.78, 5) is 23.4. The number of hydrogen-bond donors (Lipinski definition) is 1. The number of unbranched alkanes of at least 4 members (excludes halogenated alkanes) is 1. The lowest BCUT2D eigenvalue weighted by molar-refractivity contribution is -0.150. The number of hydrogen-bond acceptors (Lipinski definition) is 5. The fraction of sp³-hybridized carbons (Fsp3) is 0.467. The van der Waals surface area contributed by atoms with E-state index in [1.165, 1.54) is 7.11 Å². The fourth-order valence-corrected chi connectivity index (χ4v) is 1.84. The maximum Gasteiger partial charge on any atom is 0.312 e. The molecule has 0 fully saturated rings. The lowest BCUT2D eigenvalue weighted by atomic mass is 9.98. The second kappa shape index (κ2) is 9.09. The molecule has 110 valence electrons. The van der Waals surface area contributed by atoms with Crippen molar-refractivity contribution >= 4 is 11.9 Å². The number of aliphatic hydroxyl groups is 1. The van der Waals surface area contributed by atoms with E-state index in [-0.39, 0.29) is 13.0 Å². The zero-order valence-electron chi connectivity index (χ0n) is 11.6. The van der Waals surface area contributed by atoms with Crippen molar-refractivity contribution in [2.45, 2.75) is 25.7 Å². The second-order valence-electron chi connectivity index (χ2n) is 4.43. The molecule has 0 aromatic heterocycles. The Kier molecular flexibility index (Phi) is 7.35. The molecule has 0 radical (unpaired) electrons. The Balaban J connectivity index is 2.50. The molecule has 1 aromatic rings. The Hall–Kier alpha value is -1.88.